The monoisotopic (exact) mass is 394 g/mol. The third-order valence-corrected chi connectivity index (χ3v) is 5.94. The third-order valence-electron chi connectivity index (χ3n) is 5.01. The van der Waals surface area contributed by atoms with Gasteiger partial charge in [0.2, 0.25) is 5.91 Å². The normalized spacial score (nSPS) is 14.8. The lowest BCUT2D eigenvalue weighted by Gasteiger charge is -2.24. The zero-order valence-electron chi connectivity index (χ0n) is 15.6. The molecule has 1 heterocycles. The van der Waals surface area contributed by atoms with E-state index in [1.165, 1.54) is 6.07 Å². The third kappa shape index (κ3) is 4.66. The van der Waals surface area contributed by atoms with E-state index in [1.54, 1.807) is 23.5 Å². The van der Waals surface area contributed by atoms with Gasteiger partial charge in [-0.3, -0.25) is 9.69 Å². The van der Waals surface area contributed by atoms with Crippen LogP contribution in [0.15, 0.2) is 72.1 Å². The molecule has 1 aliphatic rings. The number of carbonyl (C=O) groups excluding carboxylic acids is 1. The molecule has 1 amide bonds. The Bertz CT molecular complexity index is 909. The molecule has 28 heavy (non-hydrogen) atoms. The topological polar surface area (TPSA) is 32.3 Å². The maximum Gasteiger partial charge on any atom is 0.234 e. The number of carbonyl (C=O) groups is 1. The van der Waals surface area contributed by atoms with Crippen LogP contribution in [-0.4, -0.2) is 23.4 Å². The molecule has 0 spiro atoms. The summed E-state index contributed by atoms with van der Waals surface area (Å²) in [5, 5.41) is 5.21. The molecular weight excluding hydrogens is 371 g/mol. The lowest BCUT2D eigenvalue weighted by Crippen LogP contribution is -2.40. The number of hydrogen-bond donors (Lipinski definition) is 1. The van der Waals surface area contributed by atoms with Gasteiger partial charge in [0.05, 0.1) is 12.6 Å². The number of thiophene rings is 1. The van der Waals surface area contributed by atoms with Crippen molar-refractivity contribution in [2.24, 2.45) is 0 Å². The van der Waals surface area contributed by atoms with E-state index in [-0.39, 0.29) is 24.3 Å². The highest BCUT2D eigenvalue weighted by Crippen LogP contribution is 2.29. The van der Waals surface area contributed by atoms with Gasteiger partial charge in [-0.1, -0.05) is 54.6 Å². The fourth-order valence-corrected chi connectivity index (χ4v) is 4.21. The van der Waals surface area contributed by atoms with Gasteiger partial charge in [-0.15, -0.1) is 11.3 Å². The van der Waals surface area contributed by atoms with Gasteiger partial charge in [0.15, 0.2) is 0 Å². The molecule has 144 valence electrons. The minimum Gasteiger partial charge on any atom is -0.343 e. The van der Waals surface area contributed by atoms with Crippen molar-refractivity contribution in [3.8, 4) is 0 Å². The van der Waals surface area contributed by atoms with E-state index in [9.17, 15) is 9.18 Å². The Morgan fingerprint density at radius 2 is 1.82 bits per heavy atom. The Balaban J connectivity index is 1.47. The maximum absolute atomic E-state index is 14.1. The zero-order chi connectivity index (χ0) is 19.3. The number of benzene rings is 2. The van der Waals surface area contributed by atoms with E-state index >= 15 is 0 Å². The highest BCUT2D eigenvalue weighted by Gasteiger charge is 2.31. The van der Waals surface area contributed by atoms with E-state index in [4.69, 9.17) is 0 Å². The second kappa shape index (κ2) is 8.67. The van der Waals surface area contributed by atoms with Gasteiger partial charge >= 0.3 is 0 Å². The van der Waals surface area contributed by atoms with Crippen molar-refractivity contribution in [1.82, 2.24) is 10.2 Å². The van der Waals surface area contributed by atoms with Crippen molar-refractivity contribution < 1.29 is 9.18 Å². The quantitative estimate of drug-likeness (QED) is 0.598. The van der Waals surface area contributed by atoms with Crippen LogP contribution < -0.4 is 5.32 Å². The largest absolute Gasteiger partial charge is 0.343 e. The van der Waals surface area contributed by atoms with Crippen LogP contribution >= 0.6 is 11.3 Å². The van der Waals surface area contributed by atoms with Crippen LogP contribution in [0.25, 0.3) is 0 Å². The molecule has 0 radical (unpaired) electrons. The van der Waals surface area contributed by atoms with Gasteiger partial charge in [-0.2, -0.15) is 0 Å². The fraction of sp³-hybridized carbons (Fsp3) is 0.261. The van der Waals surface area contributed by atoms with E-state index < -0.39 is 0 Å². The van der Waals surface area contributed by atoms with Crippen LogP contribution in [0, 0.1) is 5.82 Å². The molecule has 1 aromatic heterocycles. The minimum absolute atomic E-state index is 0.0366. The summed E-state index contributed by atoms with van der Waals surface area (Å²) in [5.41, 5.74) is 1.70. The number of rotatable bonds is 8. The van der Waals surface area contributed by atoms with Crippen LogP contribution in [0.2, 0.25) is 0 Å². The summed E-state index contributed by atoms with van der Waals surface area (Å²) in [7, 11) is 0. The van der Waals surface area contributed by atoms with Crippen LogP contribution in [0.1, 0.15) is 34.9 Å². The molecule has 1 fully saturated rings. The first-order chi connectivity index (χ1) is 13.7. The summed E-state index contributed by atoms with van der Waals surface area (Å²) in [4.78, 5) is 16.1. The smallest absolute Gasteiger partial charge is 0.234 e. The Morgan fingerprint density at radius 3 is 2.50 bits per heavy atom. The van der Waals surface area contributed by atoms with Crippen molar-refractivity contribution in [2.45, 2.75) is 31.5 Å². The SMILES string of the molecule is O=C(CN(Cc1ccccc1F)C1CC1)N[C@@H](c1ccccc1)c1cccs1. The molecule has 0 unspecified atom stereocenters. The molecule has 1 atom stereocenters. The second-order valence-electron chi connectivity index (χ2n) is 7.15. The van der Waals surface area contributed by atoms with Gasteiger partial charge in [-0.25, -0.2) is 4.39 Å². The molecule has 5 heteroatoms. The lowest BCUT2D eigenvalue weighted by atomic mass is 10.1. The average molecular weight is 395 g/mol. The average Bonchev–Trinajstić information content (AvgIpc) is 3.42. The minimum atomic E-state index is -0.214. The molecule has 3 aromatic rings. The predicted octanol–water partition coefficient (Wildman–Crippen LogP) is 4.76. The van der Waals surface area contributed by atoms with E-state index in [2.05, 4.69) is 10.2 Å². The highest BCUT2D eigenvalue weighted by atomic mass is 32.1. The highest BCUT2D eigenvalue weighted by molar-refractivity contribution is 7.10. The molecule has 2 aromatic carbocycles. The first-order valence-corrected chi connectivity index (χ1v) is 10.4. The zero-order valence-corrected chi connectivity index (χ0v) is 16.4. The van der Waals surface area contributed by atoms with Crippen molar-refractivity contribution >= 4 is 17.2 Å². The van der Waals surface area contributed by atoms with Crippen molar-refractivity contribution in [3.05, 3.63) is 93.9 Å². The maximum atomic E-state index is 14.1. The Hall–Kier alpha value is -2.50. The van der Waals surface area contributed by atoms with Crippen molar-refractivity contribution in [1.29, 1.82) is 0 Å². The molecule has 1 saturated carbocycles. The van der Waals surface area contributed by atoms with Crippen molar-refractivity contribution in [2.75, 3.05) is 6.54 Å². The summed E-state index contributed by atoms with van der Waals surface area (Å²) in [5.74, 6) is -0.250. The molecule has 0 bridgehead atoms. The molecule has 3 nitrogen and oxygen atoms in total. The van der Waals surface area contributed by atoms with Crippen LogP contribution in [0.3, 0.4) is 0 Å². The Kier molecular flexibility index (Phi) is 5.84. The Morgan fingerprint density at radius 1 is 1.07 bits per heavy atom. The number of halogens is 1. The van der Waals surface area contributed by atoms with E-state index in [0.717, 1.165) is 23.3 Å². The number of nitrogens with one attached hydrogen (secondary N) is 1. The number of nitrogens with zero attached hydrogens (tertiary/aromatic N) is 1. The Labute approximate surface area is 168 Å². The molecule has 1 aliphatic carbocycles. The standard InChI is InChI=1S/C23H23FN2OS/c24-20-10-5-4-9-18(20)15-26(19-12-13-19)16-22(27)25-23(21-11-6-14-28-21)17-7-2-1-3-8-17/h1-11,14,19,23H,12-13,15-16H2,(H,25,27)/t23-/m0/s1. The van der Waals surface area contributed by atoms with Crippen LogP contribution in [0.5, 0.6) is 0 Å². The van der Waals surface area contributed by atoms with Gasteiger partial charge in [0.1, 0.15) is 5.82 Å². The molecule has 4 rings (SSSR count). The van der Waals surface area contributed by atoms with E-state index in [1.807, 2.05) is 53.9 Å². The predicted molar refractivity (Wildman–Crippen MR) is 111 cm³/mol. The van der Waals surface area contributed by atoms with E-state index in [0.29, 0.717) is 18.2 Å². The number of amides is 1. The molecule has 1 N–H and O–H groups in total. The van der Waals surface area contributed by atoms with Crippen LogP contribution in [-0.2, 0) is 11.3 Å². The molecule has 0 aliphatic heterocycles. The summed E-state index contributed by atoms with van der Waals surface area (Å²) < 4.78 is 14.1. The lowest BCUT2D eigenvalue weighted by molar-refractivity contribution is -0.123. The van der Waals surface area contributed by atoms with Gasteiger partial charge in [-0.05, 0) is 35.9 Å². The fourth-order valence-electron chi connectivity index (χ4n) is 3.41. The van der Waals surface area contributed by atoms with Crippen LogP contribution in [0.4, 0.5) is 4.39 Å². The van der Waals surface area contributed by atoms with Gasteiger partial charge in [0, 0.05) is 23.0 Å². The van der Waals surface area contributed by atoms with Crippen molar-refractivity contribution in [3.63, 3.8) is 0 Å². The molecular formula is C23H23FN2OS. The van der Waals surface area contributed by atoms with Gasteiger partial charge < -0.3 is 5.32 Å². The summed E-state index contributed by atoms with van der Waals surface area (Å²) in [6.07, 6.45) is 2.13. The summed E-state index contributed by atoms with van der Waals surface area (Å²) in [6.45, 7) is 0.730. The molecule has 0 saturated heterocycles. The van der Waals surface area contributed by atoms with Gasteiger partial charge in [0.25, 0.3) is 0 Å². The second-order valence-corrected chi connectivity index (χ2v) is 8.13. The first kappa shape index (κ1) is 18.8. The number of hydrogen-bond acceptors (Lipinski definition) is 3. The first-order valence-electron chi connectivity index (χ1n) is 9.56. The summed E-state index contributed by atoms with van der Waals surface area (Å²) >= 11 is 1.63. The summed E-state index contributed by atoms with van der Waals surface area (Å²) in [6, 6.07) is 21.0.